The van der Waals surface area contributed by atoms with E-state index in [1.54, 1.807) is 44.3 Å². The van der Waals surface area contributed by atoms with Gasteiger partial charge in [0.05, 0.1) is 26.7 Å². The summed E-state index contributed by atoms with van der Waals surface area (Å²) in [7, 11) is 3.15. The average Bonchev–Trinajstić information content (AvgIpc) is 2.66. The maximum absolute atomic E-state index is 12.4. The average molecular weight is 347 g/mol. The lowest BCUT2D eigenvalue weighted by molar-refractivity contribution is -0.150. The van der Waals surface area contributed by atoms with Gasteiger partial charge < -0.3 is 19.1 Å². The van der Waals surface area contributed by atoms with Crippen LogP contribution < -0.4 is 9.47 Å². The number of likely N-dealkylation sites (tertiary alicyclic amines) is 1. The summed E-state index contributed by atoms with van der Waals surface area (Å²) in [6, 6.07) is 5.45. The molecule has 1 aromatic carbocycles. The number of hydrogen-bond donors (Lipinski definition) is 0. The molecule has 0 unspecified atom stereocenters. The van der Waals surface area contributed by atoms with Gasteiger partial charge in [-0.1, -0.05) is 6.07 Å². The highest BCUT2D eigenvalue weighted by Gasteiger charge is 2.28. The summed E-state index contributed by atoms with van der Waals surface area (Å²) in [6.07, 6.45) is 4.83. The van der Waals surface area contributed by atoms with E-state index < -0.39 is 0 Å². The molecule has 1 aromatic rings. The Hall–Kier alpha value is -2.50. The Morgan fingerprint density at radius 1 is 1.24 bits per heavy atom. The first kappa shape index (κ1) is 18.8. The van der Waals surface area contributed by atoms with Gasteiger partial charge in [-0.25, -0.2) is 0 Å². The van der Waals surface area contributed by atoms with Crippen LogP contribution in [-0.2, 0) is 14.3 Å². The first-order valence-electron chi connectivity index (χ1n) is 8.44. The van der Waals surface area contributed by atoms with Gasteiger partial charge in [0, 0.05) is 19.2 Å². The maximum Gasteiger partial charge on any atom is 0.310 e. The largest absolute Gasteiger partial charge is 0.493 e. The summed E-state index contributed by atoms with van der Waals surface area (Å²) in [4.78, 5) is 26.0. The van der Waals surface area contributed by atoms with Gasteiger partial charge >= 0.3 is 5.97 Å². The van der Waals surface area contributed by atoms with Crippen molar-refractivity contribution in [3.8, 4) is 11.5 Å². The number of carbonyl (C=O) groups is 2. The number of rotatable bonds is 6. The SMILES string of the molecule is CCOC(=O)[C@@H]1CCCN(C(=O)/C=C/c2ccc(OC)c(OC)c2)C1. The number of methoxy groups -OCH3 is 2. The van der Waals surface area contributed by atoms with Crippen LogP contribution in [0.3, 0.4) is 0 Å². The summed E-state index contributed by atoms with van der Waals surface area (Å²) in [5, 5.41) is 0. The lowest BCUT2D eigenvalue weighted by Gasteiger charge is -2.30. The number of ether oxygens (including phenoxy) is 3. The van der Waals surface area contributed by atoms with Crippen LogP contribution in [-0.4, -0.2) is 50.7 Å². The van der Waals surface area contributed by atoms with E-state index in [0.29, 0.717) is 31.2 Å². The topological polar surface area (TPSA) is 65.1 Å². The van der Waals surface area contributed by atoms with Crippen molar-refractivity contribution in [2.45, 2.75) is 19.8 Å². The van der Waals surface area contributed by atoms with Crippen LogP contribution in [0.1, 0.15) is 25.3 Å². The Labute approximate surface area is 148 Å². The van der Waals surface area contributed by atoms with Gasteiger partial charge in [-0.2, -0.15) is 0 Å². The van der Waals surface area contributed by atoms with Gasteiger partial charge in [0.2, 0.25) is 5.91 Å². The highest BCUT2D eigenvalue weighted by molar-refractivity contribution is 5.92. The standard InChI is InChI=1S/C19H25NO5/c1-4-25-19(22)15-6-5-11-20(13-15)18(21)10-8-14-7-9-16(23-2)17(12-14)24-3/h7-10,12,15H,4-6,11,13H2,1-3H3/b10-8+/t15-/m1/s1. The van der Waals surface area contributed by atoms with Crippen molar-refractivity contribution >= 4 is 18.0 Å². The van der Waals surface area contributed by atoms with Crippen LogP contribution in [0.2, 0.25) is 0 Å². The van der Waals surface area contributed by atoms with Gasteiger partial charge in [0.25, 0.3) is 0 Å². The van der Waals surface area contributed by atoms with E-state index in [1.165, 1.54) is 6.08 Å². The summed E-state index contributed by atoms with van der Waals surface area (Å²) >= 11 is 0. The van der Waals surface area contributed by atoms with E-state index >= 15 is 0 Å². The maximum atomic E-state index is 12.4. The zero-order valence-electron chi connectivity index (χ0n) is 15.0. The number of benzene rings is 1. The Morgan fingerprint density at radius 3 is 2.68 bits per heavy atom. The summed E-state index contributed by atoms with van der Waals surface area (Å²) in [6.45, 7) is 3.22. The second-order valence-electron chi connectivity index (χ2n) is 5.82. The summed E-state index contributed by atoms with van der Waals surface area (Å²) in [5.74, 6) is 0.691. The molecule has 1 amide bonds. The molecule has 1 aliphatic heterocycles. The molecule has 2 rings (SSSR count). The van der Waals surface area contributed by atoms with E-state index in [0.717, 1.165) is 18.4 Å². The van der Waals surface area contributed by atoms with Gasteiger partial charge in [-0.05, 0) is 43.5 Å². The molecule has 0 aromatic heterocycles. The molecular formula is C19H25NO5. The third-order valence-corrected chi connectivity index (χ3v) is 4.18. The lowest BCUT2D eigenvalue weighted by atomic mass is 9.98. The van der Waals surface area contributed by atoms with Gasteiger partial charge in [-0.15, -0.1) is 0 Å². The molecule has 1 atom stereocenters. The first-order chi connectivity index (χ1) is 12.1. The van der Waals surface area contributed by atoms with Crippen LogP contribution in [0.4, 0.5) is 0 Å². The number of carbonyl (C=O) groups excluding carboxylic acids is 2. The molecule has 1 fully saturated rings. The highest BCUT2D eigenvalue weighted by Crippen LogP contribution is 2.28. The van der Waals surface area contributed by atoms with Gasteiger partial charge in [-0.3, -0.25) is 9.59 Å². The van der Waals surface area contributed by atoms with Gasteiger partial charge in [0.15, 0.2) is 11.5 Å². The van der Waals surface area contributed by atoms with E-state index in [4.69, 9.17) is 14.2 Å². The fourth-order valence-corrected chi connectivity index (χ4v) is 2.86. The van der Waals surface area contributed by atoms with Crippen molar-refractivity contribution in [1.29, 1.82) is 0 Å². The van der Waals surface area contributed by atoms with Crippen molar-refractivity contribution < 1.29 is 23.8 Å². The third-order valence-electron chi connectivity index (χ3n) is 4.18. The van der Waals surface area contributed by atoms with Gasteiger partial charge in [0.1, 0.15) is 0 Å². The van der Waals surface area contributed by atoms with Crippen LogP contribution >= 0.6 is 0 Å². The van der Waals surface area contributed by atoms with Crippen LogP contribution in [0.25, 0.3) is 6.08 Å². The summed E-state index contributed by atoms with van der Waals surface area (Å²) in [5.41, 5.74) is 0.838. The normalized spacial score (nSPS) is 17.4. The Kier molecular flexibility index (Phi) is 6.86. The minimum absolute atomic E-state index is 0.108. The van der Waals surface area contributed by atoms with E-state index in [-0.39, 0.29) is 17.8 Å². The zero-order chi connectivity index (χ0) is 18.2. The Morgan fingerprint density at radius 2 is 2.00 bits per heavy atom. The van der Waals surface area contributed by atoms with E-state index in [2.05, 4.69) is 0 Å². The van der Waals surface area contributed by atoms with Crippen LogP contribution in [0.5, 0.6) is 11.5 Å². The predicted octanol–water partition coefficient (Wildman–Crippen LogP) is 2.52. The second-order valence-corrected chi connectivity index (χ2v) is 5.82. The fourth-order valence-electron chi connectivity index (χ4n) is 2.86. The number of nitrogens with zero attached hydrogens (tertiary/aromatic N) is 1. The van der Waals surface area contributed by atoms with Crippen molar-refractivity contribution in [3.05, 3.63) is 29.8 Å². The minimum Gasteiger partial charge on any atom is -0.493 e. The van der Waals surface area contributed by atoms with Crippen LogP contribution in [0.15, 0.2) is 24.3 Å². The molecule has 1 saturated heterocycles. The summed E-state index contributed by atoms with van der Waals surface area (Å²) < 4.78 is 15.5. The Balaban J connectivity index is 2.01. The molecular weight excluding hydrogens is 322 g/mol. The molecule has 1 aliphatic rings. The molecule has 0 N–H and O–H groups in total. The first-order valence-corrected chi connectivity index (χ1v) is 8.44. The number of esters is 1. The van der Waals surface area contributed by atoms with Crippen molar-refractivity contribution in [3.63, 3.8) is 0 Å². The fraction of sp³-hybridized carbons (Fsp3) is 0.474. The Bertz CT molecular complexity index is 641. The van der Waals surface area contributed by atoms with Crippen molar-refractivity contribution in [2.24, 2.45) is 5.92 Å². The number of amides is 1. The second kappa shape index (κ2) is 9.11. The number of piperidine rings is 1. The van der Waals surface area contributed by atoms with Crippen LogP contribution in [0, 0.1) is 5.92 Å². The molecule has 0 radical (unpaired) electrons. The molecule has 0 saturated carbocycles. The molecule has 6 nitrogen and oxygen atoms in total. The molecule has 6 heteroatoms. The quantitative estimate of drug-likeness (QED) is 0.584. The molecule has 1 heterocycles. The molecule has 0 spiro atoms. The monoisotopic (exact) mass is 347 g/mol. The number of hydrogen-bond acceptors (Lipinski definition) is 5. The molecule has 0 aliphatic carbocycles. The smallest absolute Gasteiger partial charge is 0.310 e. The molecule has 0 bridgehead atoms. The van der Waals surface area contributed by atoms with Crippen molar-refractivity contribution in [1.82, 2.24) is 4.90 Å². The minimum atomic E-state index is -0.230. The third kappa shape index (κ3) is 4.98. The lowest BCUT2D eigenvalue weighted by Crippen LogP contribution is -2.42. The highest BCUT2D eigenvalue weighted by atomic mass is 16.5. The van der Waals surface area contributed by atoms with E-state index in [1.807, 2.05) is 6.07 Å². The molecule has 136 valence electrons. The van der Waals surface area contributed by atoms with E-state index in [9.17, 15) is 9.59 Å². The zero-order valence-corrected chi connectivity index (χ0v) is 15.0. The van der Waals surface area contributed by atoms with Crippen molar-refractivity contribution in [2.75, 3.05) is 33.9 Å². The molecule has 25 heavy (non-hydrogen) atoms. The predicted molar refractivity (Wildman–Crippen MR) is 94.5 cm³/mol.